The van der Waals surface area contributed by atoms with Crippen molar-refractivity contribution in [3.63, 3.8) is 0 Å². The van der Waals surface area contributed by atoms with Crippen molar-refractivity contribution in [2.24, 2.45) is 5.73 Å². The first kappa shape index (κ1) is 15.0. The lowest BCUT2D eigenvalue weighted by atomic mass is 9.99. The lowest BCUT2D eigenvalue weighted by molar-refractivity contribution is 0.0602. The Bertz CT molecular complexity index is 607. The summed E-state index contributed by atoms with van der Waals surface area (Å²) in [7, 11) is 0. The van der Waals surface area contributed by atoms with Gasteiger partial charge in [0.2, 0.25) is 0 Å². The van der Waals surface area contributed by atoms with Crippen LogP contribution in [-0.2, 0) is 0 Å². The molecule has 0 spiro atoms. The minimum atomic E-state index is 0.0707. The van der Waals surface area contributed by atoms with Crippen LogP contribution in [0.3, 0.4) is 0 Å². The number of nitrogens with zero attached hydrogens (tertiary/aromatic N) is 2. The zero-order valence-electron chi connectivity index (χ0n) is 12.3. The van der Waals surface area contributed by atoms with Gasteiger partial charge in [-0.25, -0.2) is 4.98 Å². The minimum Gasteiger partial charge on any atom is -0.494 e. The van der Waals surface area contributed by atoms with Gasteiger partial charge < -0.3 is 15.4 Å². The minimum absolute atomic E-state index is 0.0707. The second-order valence-electron chi connectivity index (χ2n) is 5.29. The first-order valence-electron chi connectivity index (χ1n) is 7.39. The van der Waals surface area contributed by atoms with Gasteiger partial charge in [0.05, 0.1) is 11.6 Å². The molecular weight excluding hydrogens is 298 g/mol. The Balaban J connectivity index is 1.53. The molecule has 1 aromatic heterocycles. The number of rotatable bonds is 6. The van der Waals surface area contributed by atoms with E-state index in [9.17, 15) is 4.79 Å². The Hall–Kier alpha value is -1.92. The molecule has 1 aliphatic rings. The standard InChI is InChI=1S/C16H19N3O2S/c17-6-1-8-21-14-4-2-12(3-5-14)16(20)19-10-13(11-19)15-18-7-9-22-15/h2-5,7,9,13H,1,6,8,10-11,17H2. The Morgan fingerprint density at radius 1 is 1.36 bits per heavy atom. The molecule has 1 amide bonds. The molecule has 0 aliphatic carbocycles. The lowest BCUT2D eigenvalue weighted by Crippen LogP contribution is -2.48. The Morgan fingerprint density at radius 2 is 2.14 bits per heavy atom. The van der Waals surface area contributed by atoms with Crippen LogP contribution < -0.4 is 10.5 Å². The fourth-order valence-corrected chi connectivity index (χ4v) is 3.11. The van der Waals surface area contributed by atoms with Crippen molar-refractivity contribution >= 4 is 17.2 Å². The summed E-state index contributed by atoms with van der Waals surface area (Å²) >= 11 is 1.65. The number of benzene rings is 1. The fraction of sp³-hybridized carbons (Fsp3) is 0.375. The van der Waals surface area contributed by atoms with E-state index in [1.165, 1.54) is 0 Å². The number of carbonyl (C=O) groups is 1. The summed E-state index contributed by atoms with van der Waals surface area (Å²) in [4.78, 5) is 18.5. The van der Waals surface area contributed by atoms with E-state index in [-0.39, 0.29) is 5.91 Å². The predicted molar refractivity (Wildman–Crippen MR) is 86.4 cm³/mol. The third-order valence-electron chi connectivity index (χ3n) is 3.69. The van der Waals surface area contributed by atoms with Gasteiger partial charge in [-0.15, -0.1) is 11.3 Å². The molecule has 0 unspecified atom stereocenters. The van der Waals surface area contributed by atoms with Crippen LogP contribution in [-0.4, -0.2) is 42.0 Å². The molecule has 1 fully saturated rings. The molecule has 22 heavy (non-hydrogen) atoms. The number of hydrogen-bond donors (Lipinski definition) is 1. The molecule has 1 aliphatic heterocycles. The number of amides is 1. The van der Waals surface area contributed by atoms with Crippen LogP contribution in [0.4, 0.5) is 0 Å². The third kappa shape index (κ3) is 3.28. The maximum Gasteiger partial charge on any atom is 0.253 e. The van der Waals surface area contributed by atoms with Crippen LogP contribution in [0.1, 0.15) is 27.7 Å². The van der Waals surface area contributed by atoms with Crippen LogP contribution in [0, 0.1) is 0 Å². The van der Waals surface area contributed by atoms with E-state index in [4.69, 9.17) is 10.5 Å². The van der Waals surface area contributed by atoms with Crippen molar-refractivity contribution in [1.82, 2.24) is 9.88 Å². The van der Waals surface area contributed by atoms with Crippen molar-refractivity contribution < 1.29 is 9.53 Å². The highest BCUT2D eigenvalue weighted by Crippen LogP contribution is 2.29. The van der Waals surface area contributed by atoms with Crippen molar-refractivity contribution in [3.05, 3.63) is 46.4 Å². The summed E-state index contributed by atoms with van der Waals surface area (Å²) in [5.74, 6) is 1.23. The third-order valence-corrected chi connectivity index (χ3v) is 4.63. The summed E-state index contributed by atoms with van der Waals surface area (Å²) in [5, 5.41) is 3.09. The molecule has 2 N–H and O–H groups in total. The second-order valence-corrected chi connectivity index (χ2v) is 6.22. The quantitative estimate of drug-likeness (QED) is 0.829. The van der Waals surface area contributed by atoms with Gasteiger partial charge in [-0.3, -0.25) is 4.79 Å². The lowest BCUT2D eigenvalue weighted by Gasteiger charge is -2.38. The first-order valence-corrected chi connectivity index (χ1v) is 8.27. The molecule has 3 rings (SSSR count). The van der Waals surface area contributed by atoms with E-state index in [0.29, 0.717) is 24.6 Å². The Kier molecular flexibility index (Phi) is 4.70. The van der Waals surface area contributed by atoms with Crippen molar-refractivity contribution in [1.29, 1.82) is 0 Å². The second kappa shape index (κ2) is 6.89. The largest absolute Gasteiger partial charge is 0.494 e. The first-order chi connectivity index (χ1) is 10.8. The number of aromatic nitrogens is 1. The van der Waals surface area contributed by atoms with E-state index in [1.807, 2.05) is 40.7 Å². The van der Waals surface area contributed by atoms with Gasteiger partial charge in [0.1, 0.15) is 5.75 Å². The van der Waals surface area contributed by atoms with Gasteiger partial charge in [-0.05, 0) is 37.2 Å². The topological polar surface area (TPSA) is 68.5 Å². The van der Waals surface area contributed by atoms with Crippen molar-refractivity contribution in [2.75, 3.05) is 26.2 Å². The smallest absolute Gasteiger partial charge is 0.253 e. The molecule has 6 heteroatoms. The van der Waals surface area contributed by atoms with Gasteiger partial charge in [0, 0.05) is 36.1 Å². The van der Waals surface area contributed by atoms with Crippen LogP contribution in [0.2, 0.25) is 0 Å². The summed E-state index contributed by atoms with van der Waals surface area (Å²) in [5.41, 5.74) is 6.12. The maximum absolute atomic E-state index is 12.4. The number of hydrogen-bond acceptors (Lipinski definition) is 5. The van der Waals surface area contributed by atoms with E-state index in [0.717, 1.165) is 30.3 Å². The monoisotopic (exact) mass is 317 g/mol. The Morgan fingerprint density at radius 3 is 2.77 bits per heavy atom. The molecule has 0 bridgehead atoms. The van der Waals surface area contributed by atoms with Crippen LogP contribution in [0.5, 0.6) is 5.75 Å². The average molecular weight is 317 g/mol. The molecule has 0 saturated carbocycles. The number of nitrogens with two attached hydrogens (primary N) is 1. The molecule has 2 aromatic rings. The van der Waals surface area contributed by atoms with Crippen LogP contribution in [0.15, 0.2) is 35.8 Å². The summed E-state index contributed by atoms with van der Waals surface area (Å²) in [6.45, 7) is 2.72. The SMILES string of the molecule is NCCCOc1ccc(C(=O)N2CC(c3nccs3)C2)cc1. The van der Waals surface area contributed by atoms with E-state index >= 15 is 0 Å². The fourth-order valence-electron chi connectivity index (χ4n) is 2.39. The summed E-state index contributed by atoms with van der Waals surface area (Å²) < 4.78 is 5.54. The zero-order chi connectivity index (χ0) is 15.4. The number of likely N-dealkylation sites (tertiary alicyclic amines) is 1. The summed E-state index contributed by atoms with van der Waals surface area (Å²) in [6, 6.07) is 7.30. The van der Waals surface area contributed by atoms with Gasteiger partial charge in [0.25, 0.3) is 5.91 Å². The van der Waals surface area contributed by atoms with Gasteiger partial charge >= 0.3 is 0 Å². The van der Waals surface area contributed by atoms with Crippen LogP contribution >= 0.6 is 11.3 Å². The molecule has 5 nitrogen and oxygen atoms in total. The summed E-state index contributed by atoms with van der Waals surface area (Å²) in [6.07, 6.45) is 2.64. The zero-order valence-corrected chi connectivity index (χ0v) is 13.1. The Labute approximate surface area is 133 Å². The van der Waals surface area contributed by atoms with Gasteiger partial charge in [-0.1, -0.05) is 0 Å². The molecule has 1 saturated heterocycles. The van der Waals surface area contributed by atoms with Gasteiger partial charge in [0.15, 0.2) is 0 Å². The van der Waals surface area contributed by atoms with Crippen molar-refractivity contribution in [3.8, 4) is 5.75 Å². The number of thiazole rings is 1. The van der Waals surface area contributed by atoms with Crippen molar-refractivity contribution in [2.45, 2.75) is 12.3 Å². The number of ether oxygens (including phenoxy) is 1. The molecule has 0 atom stereocenters. The molecular formula is C16H19N3O2S. The average Bonchev–Trinajstić information content (AvgIpc) is 3.00. The molecule has 116 valence electrons. The maximum atomic E-state index is 12.4. The van der Waals surface area contributed by atoms with E-state index in [2.05, 4.69) is 4.98 Å². The van der Waals surface area contributed by atoms with Gasteiger partial charge in [-0.2, -0.15) is 0 Å². The highest BCUT2D eigenvalue weighted by Gasteiger charge is 2.33. The molecule has 1 aromatic carbocycles. The highest BCUT2D eigenvalue weighted by atomic mass is 32.1. The highest BCUT2D eigenvalue weighted by molar-refractivity contribution is 7.09. The molecule has 0 radical (unpaired) electrons. The number of carbonyl (C=O) groups excluding carboxylic acids is 1. The van der Waals surface area contributed by atoms with E-state index < -0.39 is 0 Å². The molecule has 2 heterocycles. The predicted octanol–water partition coefficient (Wildman–Crippen LogP) is 2.11. The van der Waals surface area contributed by atoms with E-state index in [1.54, 1.807) is 11.3 Å². The van der Waals surface area contributed by atoms with Crippen LogP contribution in [0.25, 0.3) is 0 Å². The normalized spacial score (nSPS) is 14.7.